The van der Waals surface area contributed by atoms with E-state index in [0.29, 0.717) is 0 Å². The molecule has 5 atom stereocenters. The number of esters is 1. The number of ether oxygens (including phenoxy) is 5. The van der Waals surface area contributed by atoms with Gasteiger partial charge in [-0.3, -0.25) is 4.79 Å². The van der Waals surface area contributed by atoms with E-state index in [1.807, 2.05) is 13.8 Å². The number of carbonyl (C=O) groups is 1. The second-order valence-corrected chi connectivity index (χ2v) is 5.63. The molecule has 0 saturated carbocycles. The van der Waals surface area contributed by atoms with Crippen molar-refractivity contribution in [2.45, 2.75) is 51.5 Å². The van der Waals surface area contributed by atoms with Crippen molar-refractivity contribution in [2.24, 2.45) is 5.41 Å². The average molecular weight is 286 g/mol. The van der Waals surface area contributed by atoms with E-state index in [4.69, 9.17) is 23.7 Å². The molecule has 6 heteroatoms. The van der Waals surface area contributed by atoms with Crippen LogP contribution >= 0.6 is 0 Å². The second-order valence-electron chi connectivity index (χ2n) is 5.63. The highest BCUT2D eigenvalue weighted by Gasteiger charge is 2.55. The number of hydrogen-bond donors (Lipinski definition) is 0. The Kier molecular flexibility index (Phi) is 4.49. The lowest BCUT2D eigenvalue weighted by Gasteiger charge is -2.52. The van der Waals surface area contributed by atoms with Gasteiger partial charge >= 0.3 is 5.97 Å². The average Bonchev–Trinajstić information content (AvgIpc) is 2.37. The molecule has 2 rings (SSSR count). The molecule has 114 valence electrons. The van der Waals surface area contributed by atoms with Crippen LogP contribution in [0, 0.1) is 5.41 Å². The van der Waals surface area contributed by atoms with E-state index in [1.165, 1.54) is 6.92 Å². The number of rotatable bonds is 3. The number of fused-ring (bicyclic) bond motifs is 1. The van der Waals surface area contributed by atoms with Crippen LogP contribution in [0.1, 0.15) is 20.8 Å². The van der Waals surface area contributed by atoms with Gasteiger partial charge < -0.3 is 23.7 Å². The van der Waals surface area contributed by atoms with Gasteiger partial charge in [0.25, 0.3) is 0 Å². The van der Waals surface area contributed by atoms with Gasteiger partial charge in [0, 0.05) is 19.4 Å². The second kappa shape index (κ2) is 5.81. The van der Waals surface area contributed by atoms with Crippen LogP contribution in [0.5, 0.6) is 0 Å². The van der Waals surface area contributed by atoms with Crippen LogP contribution in [0.25, 0.3) is 0 Å². The molecule has 0 aliphatic carbocycles. The van der Waals surface area contributed by atoms with Crippen LogP contribution in [0.3, 0.4) is 0 Å². The zero-order valence-corrected chi connectivity index (χ0v) is 12.3. The van der Waals surface area contributed by atoms with Crippen LogP contribution in [0.15, 0.2) is 12.7 Å². The van der Waals surface area contributed by atoms with Crippen LogP contribution in [-0.4, -0.2) is 50.6 Å². The minimum Gasteiger partial charge on any atom is -0.433 e. The van der Waals surface area contributed by atoms with Gasteiger partial charge in [-0.05, 0) is 0 Å². The first-order valence-electron chi connectivity index (χ1n) is 6.63. The van der Waals surface area contributed by atoms with E-state index in [9.17, 15) is 4.79 Å². The zero-order chi connectivity index (χ0) is 14.9. The third kappa shape index (κ3) is 2.61. The molecule has 0 N–H and O–H groups in total. The van der Waals surface area contributed by atoms with E-state index in [0.717, 1.165) is 0 Å². The fourth-order valence-electron chi connectivity index (χ4n) is 2.92. The predicted octanol–water partition coefficient (Wildman–Crippen LogP) is 1.24. The fourth-order valence-corrected chi connectivity index (χ4v) is 2.92. The maximum absolute atomic E-state index is 11.2. The Morgan fingerprint density at radius 3 is 2.60 bits per heavy atom. The normalized spacial score (nSPS) is 39.7. The molecule has 0 aromatic heterocycles. The Labute approximate surface area is 119 Å². The van der Waals surface area contributed by atoms with Gasteiger partial charge in [0.1, 0.15) is 12.2 Å². The van der Waals surface area contributed by atoms with Crippen molar-refractivity contribution >= 4 is 5.97 Å². The molecule has 2 fully saturated rings. The van der Waals surface area contributed by atoms with Crippen molar-refractivity contribution < 1.29 is 28.5 Å². The van der Waals surface area contributed by atoms with E-state index < -0.39 is 18.4 Å². The van der Waals surface area contributed by atoms with Gasteiger partial charge in [0.2, 0.25) is 6.29 Å². The summed E-state index contributed by atoms with van der Waals surface area (Å²) in [5, 5.41) is 0. The van der Waals surface area contributed by atoms with E-state index in [2.05, 4.69) is 6.58 Å². The van der Waals surface area contributed by atoms with Crippen LogP contribution in [-0.2, 0) is 28.5 Å². The van der Waals surface area contributed by atoms with Gasteiger partial charge in [0.05, 0.1) is 12.2 Å². The van der Waals surface area contributed by atoms with E-state index >= 15 is 0 Å². The van der Waals surface area contributed by atoms with Crippen molar-refractivity contribution in [2.75, 3.05) is 13.9 Å². The Morgan fingerprint density at radius 1 is 1.35 bits per heavy atom. The standard InChI is InChI=1S/C14H22O6/c1-6-9-14(3,4)12(16-5)10-11(20-9)13(18-7-17-10)19-8(2)15/h6,9-13H,1,7H2,2-5H3/t9-,10+,11+,12-,13?/m0/s1. The molecule has 6 nitrogen and oxygen atoms in total. The Bertz CT molecular complexity index is 380. The summed E-state index contributed by atoms with van der Waals surface area (Å²) in [4.78, 5) is 11.2. The van der Waals surface area contributed by atoms with E-state index in [1.54, 1.807) is 13.2 Å². The molecular weight excluding hydrogens is 264 g/mol. The van der Waals surface area contributed by atoms with Crippen LogP contribution in [0.4, 0.5) is 0 Å². The van der Waals surface area contributed by atoms with Crippen molar-refractivity contribution in [3.63, 3.8) is 0 Å². The molecule has 20 heavy (non-hydrogen) atoms. The van der Waals surface area contributed by atoms with E-state index in [-0.39, 0.29) is 30.5 Å². The minimum absolute atomic E-state index is 0.0389. The molecule has 2 aliphatic heterocycles. The molecule has 0 radical (unpaired) electrons. The lowest BCUT2D eigenvalue weighted by molar-refractivity contribution is -0.356. The van der Waals surface area contributed by atoms with Gasteiger partial charge in [-0.25, -0.2) is 0 Å². The topological polar surface area (TPSA) is 63.2 Å². The highest BCUT2D eigenvalue weighted by Crippen LogP contribution is 2.42. The van der Waals surface area contributed by atoms with Gasteiger partial charge in [0.15, 0.2) is 6.79 Å². The molecule has 0 aromatic rings. The van der Waals surface area contributed by atoms with Crippen molar-refractivity contribution in [3.8, 4) is 0 Å². The maximum Gasteiger partial charge on any atom is 0.305 e. The molecule has 0 aromatic carbocycles. The van der Waals surface area contributed by atoms with Gasteiger partial charge in [-0.15, -0.1) is 6.58 Å². The minimum atomic E-state index is -0.789. The smallest absolute Gasteiger partial charge is 0.305 e. The summed E-state index contributed by atoms with van der Waals surface area (Å²) >= 11 is 0. The van der Waals surface area contributed by atoms with Crippen molar-refractivity contribution in [1.82, 2.24) is 0 Å². The molecule has 2 saturated heterocycles. The predicted molar refractivity (Wildman–Crippen MR) is 69.8 cm³/mol. The summed E-state index contributed by atoms with van der Waals surface area (Å²) in [5.41, 5.74) is -0.310. The lowest BCUT2D eigenvalue weighted by atomic mass is 9.74. The molecule has 0 amide bonds. The molecule has 0 spiro atoms. The van der Waals surface area contributed by atoms with Crippen LogP contribution < -0.4 is 0 Å². The first-order valence-corrected chi connectivity index (χ1v) is 6.63. The monoisotopic (exact) mass is 286 g/mol. The largest absolute Gasteiger partial charge is 0.433 e. The van der Waals surface area contributed by atoms with Crippen molar-refractivity contribution in [1.29, 1.82) is 0 Å². The molecular formula is C14H22O6. The third-order valence-corrected chi connectivity index (χ3v) is 3.90. The highest BCUT2D eigenvalue weighted by atomic mass is 16.8. The fraction of sp³-hybridized carbons (Fsp3) is 0.786. The first kappa shape index (κ1) is 15.4. The van der Waals surface area contributed by atoms with Crippen molar-refractivity contribution in [3.05, 3.63) is 12.7 Å². The summed E-state index contributed by atoms with van der Waals surface area (Å²) < 4.78 is 27.7. The SMILES string of the molecule is C=C[C@@H]1O[C@H]2C(OC(C)=O)OCO[C@H]2[C@H](OC)C1(C)C. The zero-order valence-electron chi connectivity index (χ0n) is 12.3. The molecule has 2 aliphatic rings. The summed E-state index contributed by atoms with van der Waals surface area (Å²) in [7, 11) is 1.63. The summed E-state index contributed by atoms with van der Waals surface area (Å²) in [6.45, 7) is 9.24. The molecule has 1 unspecified atom stereocenters. The Morgan fingerprint density at radius 2 is 2.05 bits per heavy atom. The molecule has 2 heterocycles. The summed E-state index contributed by atoms with van der Waals surface area (Å²) in [6.07, 6.45) is -0.426. The number of carbonyl (C=O) groups excluding carboxylic acids is 1. The first-order chi connectivity index (χ1) is 9.41. The number of hydrogen-bond acceptors (Lipinski definition) is 6. The lowest BCUT2D eigenvalue weighted by Crippen LogP contribution is -2.65. The summed E-state index contributed by atoms with van der Waals surface area (Å²) in [5.74, 6) is -0.423. The third-order valence-electron chi connectivity index (χ3n) is 3.90. The number of methoxy groups -OCH3 is 1. The maximum atomic E-state index is 11.2. The quantitative estimate of drug-likeness (QED) is 0.574. The van der Waals surface area contributed by atoms with Crippen LogP contribution in [0.2, 0.25) is 0 Å². The summed E-state index contributed by atoms with van der Waals surface area (Å²) in [6, 6.07) is 0. The van der Waals surface area contributed by atoms with Gasteiger partial charge in [-0.2, -0.15) is 0 Å². The van der Waals surface area contributed by atoms with Gasteiger partial charge in [-0.1, -0.05) is 19.9 Å². The Hall–Kier alpha value is -0.950. The highest BCUT2D eigenvalue weighted by molar-refractivity contribution is 5.66. The Balaban J connectivity index is 2.26. The molecule has 0 bridgehead atoms.